The maximum atomic E-state index is 6.16. The highest BCUT2D eigenvalue weighted by molar-refractivity contribution is 6.31. The van der Waals surface area contributed by atoms with E-state index < -0.39 is 0 Å². The van der Waals surface area contributed by atoms with Gasteiger partial charge in [0.2, 0.25) is 0 Å². The fraction of sp³-hybridized carbons (Fsp3) is 0.643. The third kappa shape index (κ3) is 4.29. The lowest BCUT2D eigenvalue weighted by atomic mass is 10.0. The number of hydrogen-bond donors (Lipinski definition) is 1. The predicted molar refractivity (Wildman–Crippen MR) is 72.4 cm³/mol. The first-order chi connectivity index (χ1) is 8.29. The number of nitrogens with one attached hydrogen (secondary N) is 1. The molecule has 1 atom stereocenters. The van der Waals surface area contributed by atoms with Gasteiger partial charge < -0.3 is 5.32 Å². The van der Waals surface area contributed by atoms with Gasteiger partial charge in [-0.15, -0.1) is 0 Å². The molecule has 1 unspecified atom stereocenters. The summed E-state index contributed by atoms with van der Waals surface area (Å²) in [4.78, 5) is 4.04. The number of aromatic nitrogens is 1. The number of halogens is 1. The van der Waals surface area contributed by atoms with E-state index in [9.17, 15) is 0 Å². The van der Waals surface area contributed by atoms with Crippen LogP contribution in [0, 0.1) is 5.92 Å². The van der Waals surface area contributed by atoms with Gasteiger partial charge in [0.05, 0.1) is 5.02 Å². The maximum absolute atomic E-state index is 6.16. The molecule has 1 aliphatic carbocycles. The number of pyridine rings is 1. The highest BCUT2D eigenvalue weighted by Crippen LogP contribution is 2.34. The molecule has 1 saturated carbocycles. The number of rotatable bonds is 7. The third-order valence-corrected chi connectivity index (χ3v) is 3.66. The molecule has 0 amide bonds. The first kappa shape index (κ1) is 12.8. The van der Waals surface area contributed by atoms with Crippen LogP contribution in [0.1, 0.15) is 38.2 Å². The first-order valence-electron chi connectivity index (χ1n) is 6.61. The quantitative estimate of drug-likeness (QED) is 0.804. The monoisotopic (exact) mass is 252 g/mol. The van der Waals surface area contributed by atoms with E-state index in [-0.39, 0.29) is 0 Å². The van der Waals surface area contributed by atoms with Crippen LogP contribution in [0.3, 0.4) is 0 Å². The van der Waals surface area contributed by atoms with Crippen LogP contribution in [0.2, 0.25) is 5.02 Å². The molecule has 1 aliphatic rings. The van der Waals surface area contributed by atoms with Crippen LogP contribution in [0.4, 0.5) is 0 Å². The zero-order valence-corrected chi connectivity index (χ0v) is 11.2. The summed E-state index contributed by atoms with van der Waals surface area (Å²) in [5, 5.41) is 4.44. The van der Waals surface area contributed by atoms with E-state index in [1.165, 1.54) is 31.2 Å². The average molecular weight is 253 g/mol. The molecule has 0 bridgehead atoms. The van der Waals surface area contributed by atoms with Gasteiger partial charge in [0.25, 0.3) is 0 Å². The van der Waals surface area contributed by atoms with E-state index in [0.29, 0.717) is 6.04 Å². The van der Waals surface area contributed by atoms with E-state index in [0.717, 1.165) is 23.9 Å². The molecule has 0 spiro atoms. The molecule has 1 N–H and O–H groups in total. The van der Waals surface area contributed by atoms with Crippen molar-refractivity contribution >= 4 is 11.6 Å². The lowest BCUT2D eigenvalue weighted by Gasteiger charge is -2.18. The highest BCUT2D eigenvalue weighted by atomic mass is 35.5. The average Bonchev–Trinajstić information content (AvgIpc) is 3.13. The molecule has 0 aliphatic heterocycles. The Kier molecular flexibility index (Phi) is 4.81. The van der Waals surface area contributed by atoms with E-state index in [4.69, 9.17) is 11.6 Å². The van der Waals surface area contributed by atoms with Crippen molar-refractivity contribution in [1.82, 2.24) is 10.3 Å². The summed E-state index contributed by atoms with van der Waals surface area (Å²) in [7, 11) is 0. The molecule has 0 radical (unpaired) electrons. The van der Waals surface area contributed by atoms with Crippen molar-refractivity contribution in [2.24, 2.45) is 5.92 Å². The van der Waals surface area contributed by atoms with Gasteiger partial charge >= 0.3 is 0 Å². The van der Waals surface area contributed by atoms with Crippen LogP contribution in [-0.2, 0) is 6.42 Å². The molecular formula is C14H21ClN2. The summed E-state index contributed by atoms with van der Waals surface area (Å²) in [6.45, 7) is 3.31. The van der Waals surface area contributed by atoms with Crippen molar-refractivity contribution in [3.8, 4) is 0 Å². The Bertz CT molecular complexity index is 350. The topological polar surface area (TPSA) is 24.9 Å². The minimum absolute atomic E-state index is 0.572. The van der Waals surface area contributed by atoms with E-state index in [2.05, 4.69) is 17.2 Å². The van der Waals surface area contributed by atoms with E-state index in [1.54, 1.807) is 6.20 Å². The minimum Gasteiger partial charge on any atom is -0.314 e. The van der Waals surface area contributed by atoms with Crippen molar-refractivity contribution in [2.75, 3.05) is 6.54 Å². The summed E-state index contributed by atoms with van der Waals surface area (Å²) in [6, 6.07) is 2.61. The van der Waals surface area contributed by atoms with Gasteiger partial charge in [-0.1, -0.05) is 31.4 Å². The van der Waals surface area contributed by atoms with Gasteiger partial charge in [-0.25, -0.2) is 0 Å². The van der Waals surface area contributed by atoms with Gasteiger partial charge in [0, 0.05) is 18.4 Å². The summed E-state index contributed by atoms with van der Waals surface area (Å²) >= 11 is 6.16. The summed E-state index contributed by atoms with van der Waals surface area (Å²) in [6.07, 6.45) is 9.89. The lowest BCUT2D eigenvalue weighted by molar-refractivity contribution is 0.455. The van der Waals surface area contributed by atoms with Crippen LogP contribution in [0.25, 0.3) is 0 Å². The lowest BCUT2D eigenvalue weighted by Crippen LogP contribution is -2.32. The van der Waals surface area contributed by atoms with Crippen LogP contribution in [-0.4, -0.2) is 17.6 Å². The Balaban J connectivity index is 1.92. The number of nitrogens with zero attached hydrogens (tertiary/aromatic N) is 1. The van der Waals surface area contributed by atoms with Crippen molar-refractivity contribution in [1.29, 1.82) is 0 Å². The second-order valence-corrected chi connectivity index (χ2v) is 5.41. The van der Waals surface area contributed by atoms with Gasteiger partial charge in [0.1, 0.15) is 0 Å². The fourth-order valence-corrected chi connectivity index (χ4v) is 2.37. The van der Waals surface area contributed by atoms with Gasteiger partial charge in [-0.2, -0.15) is 0 Å². The van der Waals surface area contributed by atoms with Crippen molar-refractivity contribution < 1.29 is 0 Å². The zero-order chi connectivity index (χ0) is 12.1. The molecule has 1 fully saturated rings. The second kappa shape index (κ2) is 6.36. The molecule has 94 valence electrons. The second-order valence-electron chi connectivity index (χ2n) is 5.00. The van der Waals surface area contributed by atoms with Gasteiger partial charge in [-0.05, 0) is 43.4 Å². The molecule has 2 nitrogen and oxygen atoms in total. The molecule has 17 heavy (non-hydrogen) atoms. The van der Waals surface area contributed by atoms with Crippen molar-refractivity contribution in [3.05, 3.63) is 29.0 Å². The molecule has 0 saturated heterocycles. The predicted octanol–water partition coefficient (Wildman–Crippen LogP) is 3.45. The van der Waals surface area contributed by atoms with Crippen LogP contribution < -0.4 is 5.32 Å². The molecule has 0 aromatic carbocycles. The van der Waals surface area contributed by atoms with Gasteiger partial charge in [0.15, 0.2) is 0 Å². The maximum Gasteiger partial charge on any atom is 0.0621 e. The Morgan fingerprint density at radius 3 is 3.00 bits per heavy atom. The molecule has 1 heterocycles. The summed E-state index contributed by atoms with van der Waals surface area (Å²) in [5.41, 5.74) is 1.22. The third-order valence-electron chi connectivity index (χ3n) is 3.32. The molecule has 3 heteroatoms. The van der Waals surface area contributed by atoms with Gasteiger partial charge in [-0.3, -0.25) is 4.98 Å². The van der Waals surface area contributed by atoms with Crippen LogP contribution in [0.15, 0.2) is 18.5 Å². The smallest absolute Gasteiger partial charge is 0.0621 e. The Morgan fingerprint density at radius 1 is 1.53 bits per heavy atom. The standard InChI is InChI=1S/C14H21ClN2/c1-2-6-17-13(8-11-3-4-11)9-12-5-7-16-10-14(12)15/h5,7,10-11,13,17H,2-4,6,8-9H2,1H3. The van der Waals surface area contributed by atoms with Crippen LogP contribution >= 0.6 is 11.6 Å². The Morgan fingerprint density at radius 2 is 2.35 bits per heavy atom. The van der Waals surface area contributed by atoms with E-state index in [1.807, 2.05) is 12.3 Å². The summed E-state index contributed by atoms with van der Waals surface area (Å²) < 4.78 is 0. The van der Waals surface area contributed by atoms with Crippen LogP contribution in [0.5, 0.6) is 0 Å². The zero-order valence-electron chi connectivity index (χ0n) is 10.5. The summed E-state index contributed by atoms with van der Waals surface area (Å²) in [5.74, 6) is 0.949. The Hall–Kier alpha value is -0.600. The largest absolute Gasteiger partial charge is 0.314 e. The fourth-order valence-electron chi connectivity index (χ4n) is 2.18. The van der Waals surface area contributed by atoms with E-state index >= 15 is 0 Å². The first-order valence-corrected chi connectivity index (χ1v) is 6.99. The normalized spacial score (nSPS) is 17.1. The molecule has 2 rings (SSSR count). The SMILES string of the molecule is CCCNC(Cc1ccncc1Cl)CC1CC1. The highest BCUT2D eigenvalue weighted by Gasteiger charge is 2.25. The molecule has 1 aromatic rings. The van der Waals surface area contributed by atoms with Crippen molar-refractivity contribution in [3.63, 3.8) is 0 Å². The molecule has 1 aromatic heterocycles. The number of hydrogen-bond acceptors (Lipinski definition) is 2. The van der Waals surface area contributed by atoms with Crippen molar-refractivity contribution in [2.45, 2.75) is 45.1 Å². The minimum atomic E-state index is 0.572. The Labute approximate surface area is 109 Å². The molecular weight excluding hydrogens is 232 g/mol.